The molecule has 4 rings (SSSR count). The summed E-state index contributed by atoms with van der Waals surface area (Å²) >= 11 is 0. The molecule has 2 aliphatic heterocycles. The number of hydrogen-bond donors (Lipinski definition) is 0. The number of anilines is 1. The first-order valence-corrected chi connectivity index (χ1v) is 13.1. The number of nitrogens with zero attached hydrogens (tertiary/aromatic N) is 5. The highest BCUT2D eigenvalue weighted by Crippen LogP contribution is 2.31. The van der Waals surface area contributed by atoms with Gasteiger partial charge in [0.2, 0.25) is 26.8 Å². The first-order chi connectivity index (χ1) is 15.7. The molecular weight excluding hydrogens is 442 g/mol. The average Bonchev–Trinajstić information content (AvgIpc) is 2.80. The summed E-state index contributed by atoms with van der Waals surface area (Å²) in [6.07, 6.45) is 6.53. The lowest BCUT2D eigenvalue weighted by Crippen LogP contribution is -2.56. The van der Waals surface area contributed by atoms with Gasteiger partial charge < -0.3 is 14.7 Å². The number of para-hydroxylation sites is 1. The van der Waals surface area contributed by atoms with Gasteiger partial charge in [0.15, 0.2) is 0 Å². The quantitative estimate of drug-likeness (QED) is 0.610. The number of likely N-dealkylation sites (tertiary alicyclic amines) is 1. The topological polar surface area (TPSA) is 104 Å². The van der Waals surface area contributed by atoms with Crippen molar-refractivity contribution in [1.82, 2.24) is 19.8 Å². The molecule has 0 spiro atoms. The van der Waals surface area contributed by atoms with Crippen LogP contribution in [0.3, 0.4) is 0 Å². The number of piperidine rings is 1. The van der Waals surface area contributed by atoms with Gasteiger partial charge in [-0.05, 0) is 25.8 Å². The van der Waals surface area contributed by atoms with E-state index in [0.717, 1.165) is 35.9 Å². The molecule has 1 unspecified atom stereocenters. The smallest absolute Gasteiger partial charge is 0.246 e. The van der Waals surface area contributed by atoms with Crippen LogP contribution in [0, 0.1) is 0 Å². The fraction of sp³-hybridized carbons (Fsp3) is 0.478. The molecule has 0 radical (unpaired) electrons. The van der Waals surface area contributed by atoms with Crippen LogP contribution < -0.4 is 4.90 Å². The first kappa shape index (κ1) is 23.2. The Morgan fingerprint density at radius 2 is 1.82 bits per heavy atom. The van der Waals surface area contributed by atoms with E-state index in [4.69, 9.17) is 0 Å². The van der Waals surface area contributed by atoms with Crippen LogP contribution in [0.1, 0.15) is 26.2 Å². The molecule has 0 N–H and O–H groups in total. The minimum Gasteiger partial charge on any atom is -0.367 e. The molecule has 2 amide bonds. The number of rotatable bonds is 5. The van der Waals surface area contributed by atoms with E-state index in [1.54, 1.807) is 4.90 Å². The predicted molar refractivity (Wildman–Crippen MR) is 124 cm³/mol. The van der Waals surface area contributed by atoms with E-state index in [-0.39, 0.29) is 29.6 Å². The molecule has 1 aromatic heterocycles. The first-order valence-electron chi connectivity index (χ1n) is 11.2. The molecule has 1 aromatic carbocycles. The van der Waals surface area contributed by atoms with Gasteiger partial charge in [0, 0.05) is 74.1 Å². The third-order valence-corrected chi connectivity index (χ3v) is 7.08. The van der Waals surface area contributed by atoms with Gasteiger partial charge in [0.1, 0.15) is 0 Å². The molecule has 10 heteroatoms. The monoisotopic (exact) mass is 471 g/mol. The summed E-state index contributed by atoms with van der Waals surface area (Å²) in [7, 11) is -3.46. The maximum Gasteiger partial charge on any atom is 0.246 e. The number of carbonyl (C=O) groups excluding carboxylic acids is 2. The zero-order valence-electron chi connectivity index (χ0n) is 19.0. The zero-order valence-corrected chi connectivity index (χ0v) is 19.8. The van der Waals surface area contributed by atoms with E-state index >= 15 is 0 Å². The van der Waals surface area contributed by atoms with Crippen LogP contribution in [0.15, 0.2) is 41.8 Å². The summed E-state index contributed by atoms with van der Waals surface area (Å²) in [5, 5.41) is -0.198. The van der Waals surface area contributed by atoms with Crippen LogP contribution in [-0.4, -0.2) is 85.0 Å². The Morgan fingerprint density at radius 3 is 2.48 bits per heavy atom. The molecule has 3 heterocycles. The van der Waals surface area contributed by atoms with Crippen molar-refractivity contribution in [3.8, 4) is 11.1 Å². The summed E-state index contributed by atoms with van der Waals surface area (Å²) in [6, 6.07) is 7.83. The minimum atomic E-state index is -3.46. The van der Waals surface area contributed by atoms with Gasteiger partial charge >= 0.3 is 0 Å². The molecule has 0 saturated carbocycles. The lowest BCUT2D eigenvalue weighted by atomic mass is 10.0. The largest absolute Gasteiger partial charge is 0.367 e. The second-order valence-electron chi connectivity index (χ2n) is 8.70. The van der Waals surface area contributed by atoms with E-state index in [1.165, 1.54) is 12.4 Å². The van der Waals surface area contributed by atoms with Gasteiger partial charge in [-0.25, -0.2) is 18.4 Å². The normalized spacial score (nSPS) is 19.6. The Balaban J connectivity index is 1.47. The second kappa shape index (κ2) is 9.46. The number of sulfone groups is 1. The van der Waals surface area contributed by atoms with E-state index in [9.17, 15) is 18.0 Å². The molecule has 176 valence electrons. The molecule has 0 aliphatic carbocycles. The van der Waals surface area contributed by atoms with Crippen LogP contribution in [0.5, 0.6) is 0 Å². The van der Waals surface area contributed by atoms with Crippen molar-refractivity contribution in [3.05, 3.63) is 36.7 Å². The standard InChI is InChI=1S/C23H29N5O4S/c1-17-15-26(11-12-28(17)22(30)16-27-10-6-5-9-21(27)29)20-8-4-3-7-19(20)18-13-24-23(25-14-18)33(2,31)32/h3-4,7-8,13-14,17H,5-6,9-12,15-16H2,1-2H3. The Bertz CT molecular complexity index is 1140. The second-order valence-corrected chi connectivity index (χ2v) is 10.6. The Morgan fingerprint density at radius 1 is 1.09 bits per heavy atom. The number of piperazine rings is 1. The van der Waals surface area contributed by atoms with Crippen molar-refractivity contribution in [3.63, 3.8) is 0 Å². The maximum atomic E-state index is 12.9. The lowest BCUT2D eigenvalue weighted by molar-refractivity contribution is -0.143. The summed E-state index contributed by atoms with van der Waals surface area (Å²) in [6.45, 7) is 4.72. The maximum absolute atomic E-state index is 12.9. The lowest BCUT2D eigenvalue weighted by Gasteiger charge is -2.42. The van der Waals surface area contributed by atoms with Crippen LogP contribution in [0.4, 0.5) is 5.69 Å². The SMILES string of the molecule is CC1CN(c2ccccc2-c2cnc(S(C)(=O)=O)nc2)CCN1C(=O)CN1CCCCC1=O. The molecule has 0 bridgehead atoms. The fourth-order valence-corrected chi connectivity index (χ4v) is 4.96. The highest BCUT2D eigenvalue weighted by atomic mass is 32.2. The van der Waals surface area contributed by atoms with Gasteiger partial charge in [-0.1, -0.05) is 18.2 Å². The van der Waals surface area contributed by atoms with Crippen molar-refractivity contribution in [2.24, 2.45) is 0 Å². The average molecular weight is 472 g/mol. The number of carbonyl (C=O) groups is 2. The highest BCUT2D eigenvalue weighted by Gasteiger charge is 2.31. The highest BCUT2D eigenvalue weighted by molar-refractivity contribution is 7.90. The summed E-state index contributed by atoms with van der Waals surface area (Å²) in [5.41, 5.74) is 2.62. The molecular formula is C23H29N5O4S. The third-order valence-electron chi connectivity index (χ3n) is 6.21. The number of benzene rings is 1. The Kier molecular flexibility index (Phi) is 6.64. The summed E-state index contributed by atoms with van der Waals surface area (Å²) in [4.78, 5) is 38.8. The van der Waals surface area contributed by atoms with Crippen molar-refractivity contribution in [2.75, 3.05) is 43.9 Å². The molecule has 33 heavy (non-hydrogen) atoms. The predicted octanol–water partition coefficient (Wildman–Crippen LogP) is 1.60. The molecule has 1 atom stereocenters. The molecule has 2 saturated heterocycles. The Hall–Kier alpha value is -3.01. The van der Waals surface area contributed by atoms with Crippen molar-refractivity contribution in [1.29, 1.82) is 0 Å². The van der Waals surface area contributed by atoms with E-state index in [2.05, 4.69) is 14.9 Å². The third kappa shape index (κ3) is 5.16. The minimum absolute atomic E-state index is 0.00421. The number of hydrogen-bond acceptors (Lipinski definition) is 7. The molecule has 2 aromatic rings. The molecule has 9 nitrogen and oxygen atoms in total. The molecule has 2 aliphatic rings. The van der Waals surface area contributed by atoms with Gasteiger partial charge in [-0.15, -0.1) is 0 Å². The van der Waals surface area contributed by atoms with E-state index in [1.807, 2.05) is 36.1 Å². The zero-order chi connectivity index (χ0) is 23.6. The molecule has 2 fully saturated rings. The van der Waals surface area contributed by atoms with Gasteiger partial charge in [-0.2, -0.15) is 0 Å². The number of amides is 2. The van der Waals surface area contributed by atoms with Crippen molar-refractivity contribution in [2.45, 2.75) is 37.4 Å². The summed E-state index contributed by atoms with van der Waals surface area (Å²) < 4.78 is 23.3. The van der Waals surface area contributed by atoms with Crippen LogP contribution >= 0.6 is 0 Å². The van der Waals surface area contributed by atoms with Gasteiger partial charge in [0.25, 0.3) is 0 Å². The van der Waals surface area contributed by atoms with Gasteiger partial charge in [0.05, 0.1) is 6.54 Å². The van der Waals surface area contributed by atoms with E-state index < -0.39 is 9.84 Å². The van der Waals surface area contributed by atoms with Crippen LogP contribution in [-0.2, 0) is 19.4 Å². The summed E-state index contributed by atoms with van der Waals surface area (Å²) in [5.74, 6) is 0.0642. The van der Waals surface area contributed by atoms with Gasteiger partial charge in [-0.3, -0.25) is 9.59 Å². The van der Waals surface area contributed by atoms with E-state index in [0.29, 0.717) is 32.6 Å². The van der Waals surface area contributed by atoms with Crippen LogP contribution in [0.2, 0.25) is 0 Å². The fourth-order valence-electron chi connectivity index (χ4n) is 4.47. The van der Waals surface area contributed by atoms with Crippen LogP contribution in [0.25, 0.3) is 11.1 Å². The van der Waals surface area contributed by atoms with Crippen molar-refractivity contribution >= 4 is 27.3 Å². The Labute approximate surface area is 194 Å². The number of aromatic nitrogens is 2. The van der Waals surface area contributed by atoms with Crippen molar-refractivity contribution < 1.29 is 18.0 Å².